The third-order valence-electron chi connectivity index (χ3n) is 2.12. The Balaban J connectivity index is 2.92. The number of alkyl halides is 3. The first kappa shape index (κ1) is 13.5. The van der Waals surface area contributed by atoms with E-state index in [4.69, 9.17) is 0 Å². The predicted molar refractivity (Wildman–Crippen MR) is 59.6 cm³/mol. The van der Waals surface area contributed by atoms with Crippen molar-refractivity contribution in [3.63, 3.8) is 0 Å². The molecule has 2 N–H and O–H groups in total. The largest absolute Gasteiger partial charge is 0.417 e. The normalized spacial score (nSPS) is 12.2. The Kier molecular flexibility index (Phi) is 4.51. The van der Waals surface area contributed by atoms with Gasteiger partial charge in [0.2, 0.25) is 0 Å². The molecule has 0 saturated heterocycles. The molecule has 0 spiro atoms. The Morgan fingerprint density at radius 1 is 1.47 bits per heavy atom. The van der Waals surface area contributed by atoms with Gasteiger partial charge in [-0.05, 0) is 26.1 Å². The number of H-pyrrole nitrogens is 1. The summed E-state index contributed by atoms with van der Waals surface area (Å²) in [6.45, 7) is 0.702. The zero-order valence-electron chi connectivity index (χ0n) is 9.27. The number of hydrogen-bond donors (Lipinski definition) is 2. The Hall–Kier alpha value is -1.56. The van der Waals surface area contributed by atoms with Crippen LogP contribution >= 0.6 is 0 Å². The van der Waals surface area contributed by atoms with E-state index in [0.29, 0.717) is 19.2 Å². The van der Waals surface area contributed by atoms with Gasteiger partial charge in [-0.3, -0.25) is 4.79 Å². The van der Waals surface area contributed by atoms with Crippen molar-refractivity contribution in [3.8, 4) is 0 Å². The molecule has 0 aromatic carbocycles. The van der Waals surface area contributed by atoms with Gasteiger partial charge >= 0.3 is 6.18 Å². The average molecular weight is 246 g/mol. The van der Waals surface area contributed by atoms with Crippen molar-refractivity contribution in [2.45, 2.75) is 12.6 Å². The molecule has 0 radical (unpaired) electrons. The minimum Gasteiger partial charge on any atom is -0.328 e. The highest BCUT2D eigenvalue weighted by atomic mass is 19.4. The number of aromatic nitrogens is 1. The molecule has 0 fully saturated rings. The number of halogens is 3. The zero-order valence-corrected chi connectivity index (χ0v) is 9.27. The minimum absolute atomic E-state index is 0.0101. The monoisotopic (exact) mass is 246 g/mol. The first-order valence-electron chi connectivity index (χ1n) is 5.06. The number of hydrogen-bond acceptors (Lipinski definition) is 2. The van der Waals surface area contributed by atoms with E-state index in [1.165, 1.54) is 6.08 Å². The van der Waals surface area contributed by atoms with E-state index in [1.807, 2.05) is 0 Å². The molecule has 94 valence electrons. The first-order chi connectivity index (χ1) is 7.95. The van der Waals surface area contributed by atoms with Gasteiger partial charge in [-0.2, -0.15) is 13.2 Å². The molecule has 0 aliphatic heterocycles. The summed E-state index contributed by atoms with van der Waals surface area (Å²) >= 11 is 0. The molecule has 0 bridgehead atoms. The smallest absolute Gasteiger partial charge is 0.328 e. The van der Waals surface area contributed by atoms with Gasteiger partial charge in [0.05, 0.1) is 5.56 Å². The van der Waals surface area contributed by atoms with Crippen LogP contribution in [-0.4, -0.2) is 18.6 Å². The second-order valence-corrected chi connectivity index (χ2v) is 3.47. The van der Waals surface area contributed by atoms with Gasteiger partial charge in [0.15, 0.2) is 0 Å². The molecule has 1 aromatic rings. The molecule has 0 saturated carbocycles. The van der Waals surface area contributed by atoms with E-state index in [9.17, 15) is 18.0 Å². The third kappa shape index (κ3) is 4.07. The first-order valence-corrected chi connectivity index (χ1v) is 5.06. The second kappa shape index (κ2) is 5.67. The lowest BCUT2D eigenvalue weighted by Gasteiger charge is -2.06. The molecular formula is C11H13F3N2O. The van der Waals surface area contributed by atoms with Crippen LogP contribution in [0, 0.1) is 0 Å². The van der Waals surface area contributed by atoms with Crippen molar-refractivity contribution < 1.29 is 13.2 Å². The van der Waals surface area contributed by atoms with E-state index in [0.717, 1.165) is 6.07 Å². The molecule has 1 aromatic heterocycles. The van der Waals surface area contributed by atoms with E-state index in [-0.39, 0.29) is 5.56 Å². The van der Waals surface area contributed by atoms with Crippen molar-refractivity contribution in [1.82, 2.24) is 10.3 Å². The molecule has 0 aliphatic rings. The summed E-state index contributed by atoms with van der Waals surface area (Å²) in [6.07, 6.45) is -0.0795. The average Bonchev–Trinajstić information content (AvgIpc) is 2.25. The van der Waals surface area contributed by atoms with E-state index in [2.05, 4.69) is 10.3 Å². The standard InChI is InChI=1S/C11H13F3N2O/c1-15-5-3-2-4-8-6-9(11(12,13)14)7-16-10(8)17/h2,4,6-7,15H,3,5H2,1H3,(H,16,17). The van der Waals surface area contributed by atoms with Gasteiger partial charge < -0.3 is 10.3 Å². The Bertz CT molecular complexity index is 449. The quantitative estimate of drug-likeness (QED) is 0.798. The maximum absolute atomic E-state index is 12.4. The van der Waals surface area contributed by atoms with Gasteiger partial charge in [0, 0.05) is 11.8 Å². The molecule has 0 unspecified atom stereocenters. The van der Waals surface area contributed by atoms with Crippen molar-refractivity contribution in [3.05, 3.63) is 39.8 Å². The lowest BCUT2D eigenvalue weighted by atomic mass is 10.2. The fourth-order valence-corrected chi connectivity index (χ4v) is 1.23. The molecule has 0 atom stereocenters. The summed E-state index contributed by atoms with van der Waals surface area (Å²) in [5.74, 6) is 0. The van der Waals surface area contributed by atoms with Crippen LogP contribution in [-0.2, 0) is 6.18 Å². The van der Waals surface area contributed by atoms with Crippen molar-refractivity contribution in [2.75, 3.05) is 13.6 Å². The van der Waals surface area contributed by atoms with Gasteiger partial charge in [-0.15, -0.1) is 0 Å². The Labute approximate surface area is 96.4 Å². The van der Waals surface area contributed by atoms with Crippen LogP contribution in [0.25, 0.3) is 6.08 Å². The minimum atomic E-state index is -4.45. The van der Waals surface area contributed by atoms with Crippen molar-refractivity contribution in [1.29, 1.82) is 0 Å². The van der Waals surface area contributed by atoms with Crippen molar-refractivity contribution >= 4 is 6.08 Å². The molecular weight excluding hydrogens is 233 g/mol. The van der Waals surface area contributed by atoms with E-state index >= 15 is 0 Å². The maximum atomic E-state index is 12.4. The van der Waals surface area contributed by atoms with Crippen LogP contribution in [0.4, 0.5) is 13.2 Å². The summed E-state index contributed by atoms with van der Waals surface area (Å²) in [5, 5.41) is 2.89. The molecule has 1 heterocycles. The number of aromatic amines is 1. The van der Waals surface area contributed by atoms with Crippen LogP contribution in [0.2, 0.25) is 0 Å². The number of rotatable bonds is 4. The molecule has 17 heavy (non-hydrogen) atoms. The van der Waals surface area contributed by atoms with Crippen LogP contribution in [0.3, 0.4) is 0 Å². The van der Waals surface area contributed by atoms with Gasteiger partial charge in [0.25, 0.3) is 5.56 Å². The molecule has 6 heteroatoms. The summed E-state index contributed by atoms with van der Waals surface area (Å²) in [7, 11) is 1.77. The molecule has 1 rings (SSSR count). The molecule has 0 aliphatic carbocycles. The maximum Gasteiger partial charge on any atom is 0.417 e. The van der Waals surface area contributed by atoms with Crippen LogP contribution < -0.4 is 10.9 Å². The summed E-state index contributed by atoms with van der Waals surface area (Å²) < 4.78 is 37.2. The lowest BCUT2D eigenvalue weighted by Crippen LogP contribution is -2.14. The van der Waals surface area contributed by atoms with Crippen LogP contribution in [0.5, 0.6) is 0 Å². The Morgan fingerprint density at radius 2 is 2.18 bits per heavy atom. The van der Waals surface area contributed by atoms with Gasteiger partial charge in [0.1, 0.15) is 0 Å². The topological polar surface area (TPSA) is 44.9 Å². The molecule has 3 nitrogen and oxygen atoms in total. The van der Waals surface area contributed by atoms with Gasteiger partial charge in [-0.25, -0.2) is 0 Å². The van der Waals surface area contributed by atoms with Crippen molar-refractivity contribution in [2.24, 2.45) is 0 Å². The highest BCUT2D eigenvalue weighted by Gasteiger charge is 2.31. The fraction of sp³-hybridized carbons (Fsp3) is 0.364. The Morgan fingerprint density at radius 3 is 2.76 bits per heavy atom. The molecule has 0 amide bonds. The highest BCUT2D eigenvalue weighted by molar-refractivity contribution is 5.49. The second-order valence-electron chi connectivity index (χ2n) is 3.47. The predicted octanol–water partition coefficient (Wildman–Crippen LogP) is 2.02. The summed E-state index contributed by atoms with van der Waals surface area (Å²) in [4.78, 5) is 13.3. The third-order valence-corrected chi connectivity index (χ3v) is 2.12. The van der Waals surface area contributed by atoms with Crippen LogP contribution in [0.1, 0.15) is 17.5 Å². The number of pyridine rings is 1. The number of nitrogens with one attached hydrogen (secondary N) is 2. The zero-order chi connectivity index (χ0) is 12.9. The van der Waals surface area contributed by atoms with Gasteiger partial charge in [-0.1, -0.05) is 12.2 Å². The SMILES string of the molecule is CNCCC=Cc1cc(C(F)(F)F)c[nH]c1=O. The van der Waals surface area contributed by atoms with Crippen LogP contribution in [0.15, 0.2) is 23.1 Å². The lowest BCUT2D eigenvalue weighted by molar-refractivity contribution is -0.137. The van der Waals surface area contributed by atoms with E-state index in [1.54, 1.807) is 13.1 Å². The highest BCUT2D eigenvalue weighted by Crippen LogP contribution is 2.28. The van der Waals surface area contributed by atoms with E-state index < -0.39 is 17.3 Å². The summed E-state index contributed by atoms with van der Waals surface area (Å²) in [5.41, 5.74) is -1.37. The fourth-order valence-electron chi connectivity index (χ4n) is 1.23. The summed E-state index contributed by atoms with van der Waals surface area (Å²) in [6, 6.07) is 0.842.